The summed E-state index contributed by atoms with van der Waals surface area (Å²) in [5, 5.41) is 9.50. The normalized spacial score (nSPS) is 24.7. The molecule has 3 unspecified atom stereocenters. The van der Waals surface area contributed by atoms with Gasteiger partial charge in [-0.15, -0.1) is 35.3 Å². The number of piperidine rings is 1. The Morgan fingerprint density at radius 1 is 1.16 bits per heavy atom. The Kier molecular flexibility index (Phi) is 9.04. The summed E-state index contributed by atoms with van der Waals surface area (Å²) in [6.45, 7) is 6.39. The number of thiophene rings is 1. The molecule has 31 heavy (non-hydrogen) atoms. The number of halogens is 1. The highest BCUT2D eigenvalue weighted by Crippen LogP contribution is 2.36. The van der Waals surface area contributed by atoms with E-state index in [9.17, 15) is 0 Å². The standard InChI is InChI=1S/C24H35N5S.HI/c1-18-8-10-21(11-9-18)29-14-12-20(17-29)27-24(25-2)26-16-19-6-4-13-28(3)23(19)22-7-5-15-30-22;/h5,7-11,15,19-20,23H,4,6,12-14,16-17H2,1-3H3,(H2,25,26,27);1H. The molecule has 3 heterocycles. The number of aryl methyl sites for hydroxylation is 1. The summed E-state index contributed by atoms with van der Waals surface area (Å²) in [5.41, 5.74) is 2.63. The van der Waals surface area contributed by atoms with Gasteiger partial charge in [0.2, 0.25) is 0 Å². The Bertz CT molecular complexity index is 823. The van der Waals surface area contributed by atoms with Crippen molar-refractivity contribution in [3.05, 3.63) is 52.2 Å². The van der Waals surface area contributed by atoms with Crippen LogP contribution in [0.2, 0.25) is 0 Å². The molecule has 0 amide bonds. The number of aliphatic imine (C=N–C) groups is 1. The topological polar surface area (TPSA) is 42.9 Å². The maximum Gasteiger partial charge on any atom is 0.191 e. The molecule has 0 spiro atoms. The van der Waals surface area contributed by atoms with Crippen LogP contribution in [0.4, 0.5) is 5.69 Å². The van der Waals surface area contributed by atoms with Crippen molar-refractivity contribution in [2.45, 2.75) is 38.3 Å². The highest BCUT2D eigenvalue weighted by Gasteiger charge is 2.31. The van der Waals surface area contributed by atoms with Crippen LogP contribution in [0, 0.1) is 12.8 Å². The Balaban J connectivity index is 0.00000272. The van der Waals surface area contributed by atoms with Gasteiger partial charge in [0.15, 0.2) is 5.96 Å². The van der Waals surface area contributed by atoms with Crippen molar-refractivity contribution < 1.29 is 0 Å². The van der Waals surface area contributed by atoms with Gasteiger partial charge in [0.25, 0.3) is 0 Å². The van der Waals surface area contributed by atoms with E-state index in [-0.39, 0.29) is 24.0 Å². The molecule has 2 saturated heterocycles. The molecule has 0 saturated carbocycles. The number of nitrogens with one attached hydrogen (secondary N) is 2. The first kappa shape index (κ1) is 24.3. The minimum Gasteiger partial charge on any atom is -0.369 e. The summed E-state index contributed by atoms with van der Waals surface area (Å²) in [7, 11) is 4.15. The van der Waals surface area contributed by atoms with Crippen molar-refractivity contribution in [3.63, 3.8) is 0 Å². The highest BCUT2D eigenvalue weighted by atomic mass is 127. The molecule has 0 radical (unpaired) electrons. The molecule has 0 bridgehead atoms. The lowest BCUT2D eigenvalue weighted by Gasteiger charge is -2.39. The first-order valence-electron chi connectivity index (χ1n) is 11.2. The summed E-state index contributed by atoms with van der Waals surface area (Å²) in [6, 6.07) is 14.3. The summed E-state index contributed by atoms with van der Waals surface area (Å²) < 4.78 is 0. The lowest BCUT2D eigenvalue weighted by Crippen LogP contribution is -2.48. The van der Waals surface area contributed by atoms with Crippen LogP contribution < -0.4 is 15.5 Å². The molecule has 2 aliphatic heterocycles. The lowest BCUT2D eigenvalue weighted by molar-refractivity contribution is 0.125. The number of likely N-dealkylation sites (tertiary alicyclic amines) is 1. The van der Waals surface area contributed by atoms with Crippen LogP contribution in [0.1, 0.15) is 35.7 Å². The number of guanidine groups is 1. The molecule has 170 valence electrons. The predicted molar refractivity (Wildman–Crippen MR) is 144 cm³/mol. The van der Waals surface area contributed by atoms with Crippen molar-refractivity contribution in [2.75, 3.05) is 45.2 Å². The Morgan fingerprint density at radius 3 is 2.68 bits per heavy atom. The van der Waals surface area contributed by atoms with Crippen molar-refractivity contribution in [1.82, 2.24) is 15.5 Å². The molecule has 1 aromatic carbocycles. The van der Waals surface area contributed by atoms with Crippen molar-refractivity contribution in [2.24, 2.45) is 10.9 Å². The van der Waals surface area contributed by atoms with Gasteiger partial charge in [-0.2, -0.15) is 0 Å². The highest BCUT2D eigenvalue weighted by molar-refractivity contribution is 14.0. The molecular weight excluding hydrogens is 517 g/mol. The van der Waals surface area contributed by atoms with E-state index >= 15 is 0 Å². The molecule has 0 aliphatic carbocycles. The zero-order valence-corrected chi connectivity index (χ0v) is 22.0. The van der Waals surface area contributed by atoms with Crippen LogP contribution in [-0.4, -0.2) is 57.2 Å². The molecule has 4 rings (SSSR count). The maximum absolute atomic E-state index is 4.52. The van der Waals surface area contributed by atoms with Crippen LogP contribution in [0.25, 0.3) is 0 Å². The molecule has 7 heteroatoms. The minimum atomic E-state index is 0. The molecule has 2 aromatic rings. The second-order valence-electron chi connectivity index (χ2n) is 8.71. The van der Waals surface area contributed by atoms with Crippen LogP contribution in [0.5, 0.6) is 0 Å². The van der Waals surface area contributed by atoms with E-state index in [1.54, 1.807) is 0 Å². The predicted octanol–water partition coefficient (Wildman–Crippen LogP) is 4.50. The van der Waals surface area contributed by atoms with Crippen LogP contribution in [0.3, 0.4) is 0 Å². The SMILES string of the molecule is CN=C(NCC1CCCN(C)C1c1cccs1)NC1CCN(c2ccc(C)cc2)C1.I. The largest absolute Gasteiger partial charge is 0.369 e. The number of benzene rings is 1. The van der Waals surface area contributed by atoms with E-state index in [0.717, 1.165) is 32.0 Å². The first-order chi connectivity index (χ1) is 14.6. The van der Waals surface area contributed by atoms with Crippen molar-refractivity contribution in [1.29, 1.82) is 0 Å². The second kappa shape index (κ2) is 11.5. The summed E-state index contributed by atoms with van der Waals surface area (Å²) in [6.07, 6.45) is 3.67. The van der Waals surface area contributed by atoms with Gasteiger partial charge in [-0.25, -0.2) is 0 Å². The average Bonchev–Trinajstić information content (AvgIpc) is 3.44. The van der Waals surface area contributed by atoms with E-state index in [4.69, 9.17) is 0 Å². The quantitative estimate of drug-likeness (QED) is 0.325. The second-order valence-corrected chi connectivity index (χ2v) is 9.69. The van der Waals surface area contributed by atoms with Gasteiger partial charge in [0.05, 0.1) is 0 Å². The maximum atomic E-state index is 4.52. The van der Waals surface area contributed by atoms with Gasteiger partial charge < -0.3 is 15.5 Å². The zero-order chi connectivity index (χ0) is 20.9. The fourth-order valence-electron chi connectivity index (χ4n) is 4.87. The number of anilines is 1. The Morgan fingerprint density at radius 2 is 1.97 bits per heavy atom. The monoisotopic (exact) mass is 553 g/mol. The smallest absolute Gasteiger partial charge is 0.191 e. The van der Waals surface area contributed by atoms with Crippen LogP contribution >= 0.6 is 35.3 Å². The average molecular weight is 554 g/mol. The number of rotatable bonds is 5. The van der Waals surface area contributed by atoms with Gasteiger partial charge in [-0.3, -0.25) is 9.89 Å². The van der Waals surface area contributed by atoms with E-state index in [1.165, 1.54) is 35.5 Å². The number of nitrogens with zero attached hydrogens (tertiary/aromatic N) is 3. The fourth-order valence-corrected chi connectivity index (χ4v) is 5.85. The zero-order valence-electron chi connectivity index (χ0n) is 18.9. The van der Waals surface area contributed by atoms with E-state index in [1.807, 2.05) is 18.4 Å². The van der Waals surface area contributed by atoms with Crippen LogP contribution in [0.15, 0.2) is 46.8 Å². The molecule has 2 aliphatic rings. The summed E-state index contributed by atoms with van der Waals surface area (Å²) in [4.78, 5) is 11.0. The molecule has 2 N–H and O–H groups in total. The third-order valence-electron chi connectivity index (χ3n) is 6.53. The fraction of sp³-hybridized carbons (Fsp3) is 0.542. The van der Waals surface area contributed by atoms with Gasteiger partial charge in [-0.1, -0.05) is 23.8 Å². The Hall–Kier alpha value is -1.32. The first-order valence-corrected chi connectivity index (χ1v) is 12.0. The van der Waals surface area contributed by atoms with Gasteiger partial charge >= 0.3 is 0 Å². The van der Waals surface area contributed by atoms with Crippen molar-refractivity contribution in [3.8, 4) is 0 Å². The molecule has 2 fully saturated rings. The summed E-state index contributed by atoms with van der Waals surface area (Å²) in [5.74, 6) is 1.54. The number of hydrogen-bond acceptors (Lipinski definition) is 4. The summed E-state index contributed by atoms with van der Waals surface area (Å²) >= 11 is 1.88. The van der Waals surface area contributed by atoms with Gasteiger partial charge in [0.1, 0.15) is 0 Å². The van der Waals surface area contributed by atoms with Crippen LogP contribution in [-0.2, 0) is 0 Å². The molecule has 5 nitrogen and oxygen atoms in total. The number of hydrogen-bond donors (Lipinski definition) is 2. The van der Waals surface area contributed by atoms with Gasteiger partial charge in [0, 0.05) is 49.3 Å². The lowest BCUT2D eigenvalue weighted by atomic mass is 9.88. The van der Waals surface area contributed by atoms with E-state index in [0.29, 0.717) is 18.0 Å². The van der Waals surface area contributed by atoms with E-state index < -0.39 is 0 Å². The van der Waals surface area contributed by atoms with E-state index in [2.05, 4.69) is 81.2 Å². The third-order valence-corrected chi connectivity index (χ3v) is 7.47. The molecule has 1 aromatic heterocycles. The van der Waals surface area contributed by atoms with Gasteiger partial charge in [-0.05, 0) is 69.3 Å². The Labute approximate surface area is 208 Å². The third kappa shape index (κ3) is 6.14. The van der Waals surface area contributed by atoms with Crippen molar-refractivity contribution >= 4 is 47.0 Å². The molecular formula is C24H36IN5S. The molecule has 3 atom stereocenters. The minimum absolute atomic E-state index is 0.